The zero-order valence-electron chi connectivity index (χ0n) is 31.4. The Morgan fingerprint density at radius 3 is 2.32 bits per heavy atom. The molecule has 1 saturated carbocycles. The molecule has 2 saturated heterocycles. The molecule has 3 aromatic heterocycles. The minimum absolute atomic E-state index is 0.00553. The van der Waals surface area contributed by atoms with Crippen molar-refractivity contribution < 1.29 is 28.8 Å². The molecule has 1 aliphatic carbocycles. The predicted octanol–water partition coefficient (Wildman–Crippen LogP) is 3.09. The molecule has 4 aliphatic rings. The van der Waals surface area contributed by atoms with Gasteiger partial charge in [-0.2, -0.15) is 0 Å². The summed E-state index contributed by atoms with van der Waals surface area (Å²) in [6.07, 6.45) is 8.47. The summed E-state index contributed by atoms with van der Waals surface area (Å²) in [5, 5.41) is 2.91. The van der Waals surface area contributed by atoms with E-state index in [1.54, 1.807) is 35.9 Å². The molecule has 1 atom stereocenters. The van der Waals surface area contributed by atoms with Crippen LogP contribution in [0.15, 0.2) is 47.5 Å². The molecule has 5 amide bonds. The summed E-state index contributed by atoms with van der Waals surface area (Å²) in [6.45, 7) is 5.55. The largest absolute Gasteiger partial charge is 0.367 e. The highest BCUT2D eigenvalue weighted by atomic mass is 16.2. The fraction of sp³-hybridized carbons (Fsp3) is 0.415. The quantitative estimate of drug-likeness (QED) is 0.196. The Kier molecular flexibility index (Phi) is 9.77. The first-order valence-electron chi connectivity index (χ1n) is 19.2. The van der Waals surface area contributed by atoms with Gasteiger partial charge in [0.25, 0.3) is 17.4 Å². The fourth-order valence-corrected chi connectivity index (χ4v) is 8.54. The number of hydrogen-bond acceptors (Lipinski definition) is 11. The number of benzene rings is 1. The Morgan fingerprint density at radius 1 is 0.875 bits per heavy atom. The summed E-state index contributed by atoms with van der Waals surface area (Å²) in [5.41, 5.74) is 3.97. The van der Waals surface area contributed by atoms with Crippen LogP contribution in [0.4, 0.5) is 5.69 Å². The molecule has 0 spiro atoms. The second kappa shape index (κ2) is 14.8. The average Bonchev–Trinajstić information content (AvgIpc) is 3.80. The van der Waals surface area contributed by atoms with Crippen molar-refractivity contribution in [1.29, 1.82) is 0 Å². The highest BCUT2D eigenvalue weighted by molar-refractivity contribution is 6.23. The minimum atomic E-state index is -1.03. The number of piperidine rings is 1. The minimum Gasteiger partial charge on any atom is -0.367 e. The normalized spacial score (nSPS) is 18.9. The van der Waals surface area contributed by atoms with Gasteiger partial charge in [0.15, 0.2) is 5.78 Å². The highest BCUT2D eigenvalue weighted by Crippen LogP contribution is 2.32. The number of piperazine rings is 1. The van der Waals surface area contributed by atoms with Gasteiger partial charge in [0.1, 0.15) is 17.5 Å². The van der Waals surface area contributed by atoms with Crippen molar-refractivity contribution in [3.8, 4) is 0 Å². The van der Waals surface area contributed by atoms with E-state index in [1.165, 1.54) is 6.92 Å². The number of pyridine rings is 2. The van der Waals surface area contributed by atoms with Crippen molar-refractivity contribution in [2.45, 2.75) is 83.7 Å². The third-order valence-corrected chi connectivity index (χ3v) is 11.6. The number of aromatic nitrogens is 4. The molecule has 1 unspecified atom stereocenters. The van der Waals surface area contributed by atoms with Crippen LogP contribution in [0.5, 0.6) is 0 Å². The number of nitrogens with zero attached hydrogens (tertiary/aromatic N) is 7. The number of nitrogens with one attached hydrogen (secondary N) is 1. The number of anilines is 1. The molecule has 3 fully saturated rings. The van der Waals surface area contributed by atoms with Crippen LogP contribution in [0.1, 0.15) is 112 Å². The van der Waals surface area contributed by atoms with Crippen molar-refractivity contribution >= 4 is 52.0 Å². The molecule has 3 aliphatic heterocycles. The number of carbonyl (C=O) groups is 6. The fourth-order valence-electron chi connectivity index (χ4n) is 8.54. The van der Waals surface area contributed by atoms with Gasteiger partial charge in [0.2, 0.25) is 17.7 Å². The molecule has 15 heteroatoms. The molecule has 1 N–H and O–H groups in total. The van der Waals surface area contributed by atoms with E-state index in [-0.39, 0.29) is 59.2 Å². The first-order chi connectivity index (χ1) is 27.0. The Bertz CT molecular complexity index is 2380. The van der Waals surface area contributed by atoms with Crippen LogP contribution in [0, 0.1) is 6.92 Å². The van der Waals surface area contributed by atoms with E-state index in [0.717, 1.165) is 47.5 Å². The molecule has 6 heterocycles. The lowest BCUT2D eigenvalue weighted by molar-refractivity contribution is -0.136. The number of imide groups is 2. The van der Waals surface area contributed by atoms with Crippen LogP contribution < -0.4 is 15.8 Å². The number of Topliss-reactive ketones (excluding diaryl/α,β-unsaturated/α-hetero) is 1. The number of carbonyl (C=O) groups excluding carboxylic acids is 6. The van der Waals surface area contributed by atoms with E-state index >= 15 is 0 Å². The van der Waals surface area contributed by atoms with E-state index in [9.17, 15) is 33.6 Å². The van der Waals surface area contributed by atoms with Crippen molar-refractivity contribution in [1.82, 2.24) is 34.6 Å². The molecule has 0 radical (unpaired) electrons. The molecule has 56 heavy (non-hydrogen) atoms. The molecule has 288 valence electrons. The summed E-state index contributed by atoms with van der Waals surface area (Å²) >= 11 is 0. The Balaban J connectivity index is 0.867. The van der Waals surface area contributed by atoms with Gasteiger partial charge < -0.3 is 9.80 Å². The summed E-state index contributed by atoms with van der Waals surface area (Å²) in [7, 11) is 0. The Hall–Kier alpha value is -6.12. The lowest BCUT2D eigenvalue weighted by atomic mass is 10.0. The molecule has 4 aromatic rings. The van der Waals surface area contributed by atoms with Gasteiger partial charge in [-0.05, 0) is 74.9 Å². The van der Waals surface area contributed by atoms with E-state index in [1.807, 2.05) is 23.2 Å². The van der Waals surface area contributed by atoms with Crippen LogP contribution in [-0.2, 0) is 27.2 Å². The summed E-state index contributed by atoms with van der Waals surface area (Å²) in [4.78, 5) is 108. The molecule has 15 nitrogen and oxygen atoms in total. The average molecular weight is 759 g/mol. The second-order valence-corrected chi connectivity index (χ2v) is 15.1. The van der Waals surface area contributed by atoms with E-state index in [0.29, 0.717) is 61.4 Å². The van der Waals surface area contributed by atoms with Crippen LogP contribution in [0.25, 0.3) is 11.0 Å². The van der Waals surface area contributed by atoms with Gasteiger partial charge in [-0.1, -0.05) is 18.9 Å². The van der Waals surface area contributed by atoms with Gasteiger partial charge in [0.05, 0.1) is 35.0 Å². The molecular weight excluding hydrogens is 716 g/mol. The SMILES string of the molecule is CC(=O)c1c(C)c2cnc(Cc3ccc(N4CCN(C(=O)CCc5ccc6c(c5)C(=O)N(C5CCC(=O)NC5=O)C6=O)CC4)cn3)nc2n(C2CCCC2)c1=O. The van der Waals surface area contributed by atoms with Crippen molar-refractivity contribution in [3.05, 3.63) is 92.4 Å². The molecule has 8 rings (SSSR count). The van der Waals surface area contributed by atoms with E-state index < -0.39 is 29.7 Å². The lowest BCUT2D eigenvalue weighted by Gasteiger charge is -2.36. The summed E-state index contributed by atoms with van der Waals surface area (Å²) < 4.78 is 1.72. The van der Waals surface area contributed by atoms with Gasteiger partial charge in [-0.3, -0.25) is 53.3 Å². The maximum absolute atomic E-state index is 13.6. The third-order valence-electron chi connectivity index (χ3n) is 11.6. The van der Waals surface area contributed by atoms with E-state index in [4.69, 9.17) is 9.97 Å². The number of hydrogen-bond donors (Lipinski definition) is 1. The zero-order chi connectivity index (χ0) is 39.2. The van der Waals surface area contributed by atoms with Gasteiger partial charge in [-0.15, -0.1) is 0 Å². The maximum atomic E-state index is 13.6. The third kappa shape index (κ3) is 6.75. The van der Waals surface area contributed by atoms with Gasteiger partial charge >= 0.3 is 0 Å². The Labute approximate surface area is 322 Å². The molecular formula is C41H42N8O7. The van der Waals surface area contributed by atoms with Crippen LogP contribution >= 0.6 is 0 Å². The molecule has 0 bridgehead atoms. The second-order valence-electron chi connectivity index (χ2n) is 15.1. The number of fused-ring (bicyclic) bond motifs is 2. The van der Waals surface area contributed by atoms with Crippen LogP contribution in [-0.4, -0.2) is 96.9 Å². The van der Waals surface area contributed by atoms with Gasteiger partial charge in [-0.25, -0.2) is 9.97 Å². The number of rotatable bonds is 9. The van der Waals surface area contributed by atoms with Crippen LogP contribution in [0.3, 0.4) is 0 Å². The van der Waals surface area contributed by atoms with Crippen LogP contribution in [0.2, 0.25) is 0 Å². The predicted molar refractivity (Wildman–Crippen MR) is 203 cm³/mol. The summed E-state index contributed by atoms with van der Waals surface area (Å²) in [6, 6.07) is 7.83. The topological polar surface area (TPSA) is 185 Å². The Morgan fingerprint density at radius 2 is 1.62 bits per heavy atom. The first kappa shape index (κ1) is 36.8. The lowest BCUT2D eigenvalue weighted by Crippen LogP contribution is -2.54. The maximum Gasteiger partial charge on any atom is 0.263 e. The standard InChI is InChI=1S/C41H42N8O7/c1-23-31-22-43-33(44-37(31)48(27-5-3-4-6-27)41(56)36(23)24(2)50)20-26-9-10-28(21-42-26)46-15-17-47(18-16-46)35(52)14-8-25-7-11-29-30(19-25)40(55)49(39(29)54)32-12-13-34(51)45-38(32)53/h7,9-11,19,21-22,27,32H,3-6,8,12-18,20H2,1-2H3,(H,45,51,53). The van der Waals surface area contributed by atoms with Crippen molar-refractivity contribution in [2.75, 3.05) is 31.1 Å². The smallest absolute Gasteiger partial charge is 0.263 e. The van der Waals surface area contributed by atoms with Gasteiger partial charge in [0, 0.05) is 62.3 Å². The summed E-state index contributed by atoms with van der Waals surface area (Å²) in [5.74, 6) is -1.93. The molecule has 1 aromatic carbocycles. The zero-order valence-corrected chi connectivity index (χ0v) is 31.4. The van der Waals surface area contributed by atoms with Crippen molar-refractivity contribution in [2.24, 2.45) is 0 Å². The number of aryl methyl sites for hydroxylation is 2. The number of ketones is 1. The first-order valence-corrected chi connectivity index (χ1v) is 19.2. The highest BCUT2D eigenvalue weighted by Gasteiger charge is 2.44. The van der Waals surface area contributed by atoms with Crippen molar-refractivity contribution in [3.63, 3.8) is 0 Å². The van der Waals surface area contributed by atoms with E-state index in [2.05, 4.69) is 15.2 Å². The number of amides is 5. The monoisotopic (exact) mass is 758 g/mol.